The van der Waals surface area contributed by atoms with Crippen LogP contribution in [0.4, 0.5) is 0 Å². The summed E-state index contributed by atoms with van der Waals surface area (Å²) in [6.45, 7) is 0. The highest BCUT2D eigenvalue weighted by Crippen LogP contribution is 2.41. The van der Waals surface area contributed by atoms with Gasteiger partial charge in [0.2, 0.25) is 5.95 Å². The molecule has 0 saturated heterocycles. The lowest BCUT2D eigenvalue weighted by atomic mass is 9.94. The highest BCUT2D eigenvalue weighted by Gasteiger charge is 2.21. The Kier molecular flexibility index (Phi) is 5.41. The molecule has 8 aromatic carbocycles. The van der Waals surface area contributed by atoms with Gasteiger partial charge in [-0.3, -0.25) is 4.57 Å². The van der Waals surface area contributed by atoms with Gasteiger partial charge < -0.3 is 4.57 Å². The van der Waals surface area contributed by atoms with E-state index in [9.17, 15) is 0 Å². The molecule has 0 fully saturated rings. The lowest BCUT2D eigenvalue weighted by Crippen LogP contribution is -2.06. The average molecular weight is 726 g/mol. The Morgan fingerprint density at radius 3 is 1.41 bits per heavy atom. The zero-order valence-electron chi connectivity index (χ0n) is 39.5. The van der Waals surface area contributed by atoms with Crippen LogP contribution in [0.1, 0.15) is 13.7 Å². The van der Waals surface area contributed by atoms with Gasteiger partial charge in [0.15, 0.2) is 11.6 Å². The predicted molar refractivity (Wildman–Crippen MR) is 230 cm³/mol. The summed E-state index contributed by atoms with van der Waals surface area (Å²) in [4.78, 5) is 14.1. The number of fused-ring (bicyclic) bond motifs is 6. The molecular formula is C51H33N5. The molecule has 0 spiro atoms. The van der Waals surface area contributed by atoms with Crippen molar-refractivity contribution in [2.45, 2.75) is 0 Å². The van der Waals surface area contributed by atoms with E-state index in [1.807, 2.05) is 72.8 Å². The molecule has 11 aromatic rings. The number of hydrogen-bond acceptors (Lipinski definition) is 3. The van der Waals surface area contributed by atoms with Crippen LogP contribution < -0.4 is 0 Å². The van der Waals surface area contributed by atoms with E-state index in [2.05, 4.69) is 76.3 Å². The van der Waals surface area contributed by atoms with Gasteiger partial charge in [0, 0.05) is 38.4 Å². The molecule has 0 amide bonds. The minimum absolute atomic E-state index is 0.0630. The van der Waals surface area contributed by atoms with Gasteiger partial charge in [-0.2, -0.15) is 9.97 Å². The van der Waals surface area contributed by atoms with Crippen molar-refractivity contribution in [1.82, 2.24) is 24.1 Å². The van der Waals surface area contributed by atoms with E-state index in [4.69, 9.17) is 23.7 Å². The van der Waals surface area contributed by atoms with Gasteiger partial charge in [-0.1, -0.05) is 164 Å². The lowest BCUT2D eigenvalue weighted by molar-refractivity contribution is 0.954. The molecule has 0 saturated carbocycles. The summed E-state index contributed by atoms with van der Waals surface area (Å²) in [5.74, 6) is -0.738. The van der Waals surface area contributed by atoms with Crippen molar-refractivity contribution in [3.63, 3.8) is 0 Å². The number of nitrogens with zero attached hydrogens (tertiary/aromatic N) is 5. The van der Waals surface area contributed by atoms with Gasteiger partial charge in [0.25, 0.3) is 0 Å². The normalized spacial score (nSPS) is 14.1. The summed E-state index contributed by atoms with van der Waals surface area (Å²) in [7, 11) is 0. The van der Waals surface area contributed by atoms with Gasteiger partial charge in [-0.05, 0) is 58.7 Å². The van der Waals surface area contributed by atoms with Crippen molar-refractivity contribution >= 4 is 43.6 Å². The minimum Gasteiger partial charge on any atom is -0.309 e. The third-order valence-electron chi connectivity index (χ3n) is 10.2. The summed E-state index contributed by atoms with van der Waals surface area (Å²) in [6, 6.07) is 41.2. The summed E-state index contributed by atoms with van der Waals surface area (Å²) < 4.78 is 89.8. The minimum atomic E-state index is -0.612. The van der Waals surface area contributed by atoms with Crippen LogP contribution in [0.3, 0.4) is 0 Å². The summed E-state index contributed by atoms with van der Waals surface area (Å²) in [5, 5.41) is 3.52. The van der Waals surface area contributed by atoms with Crippen molar-refractivity contribution in [3.05, 3.63) is 200 Å². The van der Waals surface area contributed by atoms with Gasteiger partial charge >= 0.3 is 0 Å². The standard InChI is InChI=1S/C51H33N5/c1-5-17-34(18-6-1)39-30-29-38(31-42(39)35-19-7-2-8-20-35)55-45-27-15-13-25-40(45)43-33-48-44(32-47(43)55)41-26-14-16-28-46(41)56(48)51-53-49(36-21-9-3-10-22-36)52-50(54-51)37-23-11-4-12-24-37/h1-33H/i3D,4D,9D,10D,11D,12D,21D,22D,23D,24D. The first kappa shape index (κ1) is 23.2. The van der Waals surface area contributed by atoms with E-state index in [-0.39, 0.29) is 28.7 Å². The molecule has 5 nitrogen and oxygen atoms in total. The van der Waals surface area contributed by atoms with E-state index in [0.29, 0.717) is 11.0 Å². The molecule has 56 heavy (non-hydrogen) atoms. The van der Waals surface area contributed by atoms with Gasteiger partial charge in [-0.25, -0.2) is 4.98 Å². The average Bonchev–Trinajstić information content (AvgIpc) is 3.85. The maximum absolute atomic E-state index is 8.85. The van der Waals surface area contributed by atoms with Crippen molar-refractivity contribution < 1.29 is 13.7 Å². The molecule has 0 aliphatic rings. The second-order valence-electron chi connectivity index (χ2n) is 13.3. The summed E-state index contributed by atoms with van der Waals surface area (Å²) in [5.41, 5.74) is 7.82. The van der Waals surface area contributed by atoms with E-state index in [0.717, 1.165) is 60.5 Å². The van der Waals surface area contributed by atoms with Crippen molar-refractivity contribution in [2.75, 3.05) is 0 Å². The molecule has 0 aliphatic heterocycles. The van der Waals surface area contributed by atoms with Crippen molar-refractivity contribution in [1.29, 1.82) is 0 Å². The van der Waals surface area contributed by atoms with Crippen LogP contribution in [0.15, 0.2) is 200 Å². The van der Waals surface area contributed by atoms with Crippen LogP contribution in [0.5, 0.6) is 0 Å². The fourth-order valence-corrected chi connectivity index (χ4v) is 7.73. The highest BCUT2D eigenvalue weighted by atomic mass is 15.2. The second-order valence-corrected chi connectivity index (χ2v) is 13.3. The van der Waals surface area contributed by atoms with Gasteiger partial charge in [0.05, 0.1) is 35.8 Å². The topological polar surface area (TPSA) is 48.5 Å². The molecule has 5 heteroatoms. The molecule has 0 bridgehead atoms. The number of aromatic nitrogens is 5. The summed E-state index contributed by atoms with van der Waals surface area (Å²) in [6.07, 6.45) is 0. The number of para-hydroxylation sites is 2. The molecule has 262 valence electrons. The van der Waals surface area contributed by atoms with Gasteiger partial charge in [0.1, 0.15) is 0 Å². The van der Waals surface area contributed by atoms with Crippen LogP contribution in [0.25, 0.3) is 100 Å². The van der Waals surface area contributed by atoms with Crippen LogP contribution in [0, 0.1) is 0 Å². The maximum atomic E-state index is 8.85. The van der Waals surface area contributed by atoms with Crippen LogP contribution in [-0.4, -0.2) is 24.1 Å². The predicted octanol–water partition coefficient (Wildman–Crippen LogP) is 12.7. The van der Waals surface area contributed by atoms with E-state index in [1.54, 1.807) is 4.57 Å². The highest BCUT2D eigenvalue weighted by molar-refractivity contribution is 6.19. The Morgan fingerprint density at radius 1 is 0.357 bits per heavy atom. The van der Waals surface area contributed by atoms with E-state index in [1.165, 1.54) is 0 Å². The van der Waals surface area contributed by atoms with Crippen LogP contribution in [0.2, 0.25) is 0 Å². The summed E-state index contributed by atoms with van der Waals surface area (Å²) >= 11 is 0. The number of rotatable bonds is 6. The molecule has 3 aromatic heterocycles. The van der Waals surface area contributed by atoms with E-state index >= 15 is 0 Å². The number of benzene rings is 8. The van der Waals surface area contributed by atoms with Crippen LogP contribution in [-0.2, 0) is 0 Å². The largest absolute Gasteiger partial charge is 0.309 e. The Hall–Kier alpha value is -7.63. The van der Waals surface area contributed by atoms with Crippen molar-refractivity contribution in [2.24, 2.45) is 0 Å². The molecule has 0 N–H and O–H groups in total. The third-order valence-corrected chi connectivity index (χ3v) is 10.2. The fraction of sp³-hybridized carbons (Fsp3) is 0. The quantitative estimate of drug-likeness (QED) is 0.171. The zero-order valence-corrected chi connectivity index (χ0v) is 29.5. The first-order chi connectivity index (χ1) is 31.9. The molecule has 0 aliphatic carbocycles. The Labute approximate surface area is 337 Å². The molecule has 11 rings (SSSR count). The van der Waals surface area contributed by atoms with Crippen LogP contribution >= 0.6 is 0 Å². The number of hydrogen-bond donors (Lipinski definition) is 0. The fourth-order valence-electron chi connectivity index (χ4n) is 7.73. The molecule has 0 unspecified atom stereocenters. The van der Waals surface area contributed by atoms with Crippen molar-refractivity contribution in [3.8, 4) is 56.7 Å². The second kappa shape index (κ2) is 13.0. The Bertz CT molecular complexity index is 3690. The first-order valence-electron chi connectivity index (χ1n) is 23.1. The van der Waals surface area contributed by atoms with Gasteiger partial charge in [-0.15, -0.1) is 0 Å². The Morgan fingerprint density at radius 2 is 0.839 bits per heavy atom. The zero-order chi connectivity index (χ0) is 45.7. The molecule has 0 atom stereocenters. The molecule has 3 heterocycles. The molecular weight excluding hydrogens is 683 g/mol. The molecule has 0 radical (unpaired) electrons. The van der Waals surface area contributed by atoms with E-state index < -0.39 is 60.4 Å². The SMILES string of the molecule is [2H]c1c([2H])c([2H])c(-c2nc(-c3c([2H])c([2H])c([2H])c([2H])c3[2H])nc(-n3c4ccccc4c4cc5c(cc43)c3ccccc3n5-c3ccc(-c4ccccc4)c(-c4ccccc4)c3)n2)c([2H])c1[2H]. The lowest BCUT2D eigenvalue weighted by Gasteiger charge is -2.15. The Balaban J connectivity index is 1.22. The first-order valence-corrected chi connectivity index (χ1v) is 18.1. The smallest absolute Gasteiger partial charge is 0.238 e. The third kappa shape index (κ3) is 5.21. The maximum Gasteiger partial charge on any atom is 0.238 e. The monoisotopic (exact) mass is 725 g/mol.